The van der Waals surface area contributed by atoms with Crippen molar-refractivity contribution in [3.8, 4) is 0 Å². The predicted octanol–water partition coefficient (Wildman–Crippen LogP) is 16.2. The van der Waals surface area contributed by atoms with E-state index in [2.05, 4.69) is 65.2 Å². The Kier molecular flexibility index (Phi) is 51.9. The van der Waals surface area contributed by atoms with Crippen LogP contribution in [0.15, 0.2) is 0 Å². The summed E-state index contributed by atoms with van der Waals surface area (Å²) in [6.07, 6.45) is 35.7. The first kappa shape index (κ1) is 71.4. The van der Waals surface area contributed by atoms with Gasteiger partial charge in [0.05, 0.1) is 13.2 Å². The van der Waals surface area contributed by atoms with Gasteiger partial charge in [0.15, 0.2) is 0 Å². The number of esters is 2. The fraction of sp³-hybridized carbons (Fsp3) is 0.935. The summed E-state index contributed by atoms with van der Waals surface area (Å²) < 4.78 is 23.6. The molecular formula is C62H122N4O8. The van der Waals surface area contributed by atoms with Gasteiger partial charge in [-0.2, -0.15) is 0 Å². The largest absolute Gasteiger partial charge is 0.465 e. The van der Waals surface area contributed by atoms with Gasteiger partial charge in [0.25, 0.3) is 0 Å². The highest BCUT2D eigenvalue weighted by atomic mass is 16.6. The zero-order valence-electron chi connectivity index (χ0n) is 50.2. The van der Waals surface area contributed by atoms with Gasteiger partial charge in [-0.1, -0.05) is 197 Å². The van der Waals surface area contributed by atoms with Crippen molar-refractivity contribution >= 4 is 24.1 Å². The molecule has 0 aliphatic carbocycles. The van der Waals surface area contributed by atoms with Gasteiger partial charge in [-0.3, -0.25) is 14.5 Å². The second-order valence-corrected chi connectivity index (χ2v) is 21.6. The fourth-order valence-corrected chi connectivity index (χ4v) is 9.68. The van der Waals surface area contributed by atoms with Crippen molar-refractivity contribution in [2.75, 3.05) is 91.9 Å². The Morgan fingerprint density at radius 2 is 0.608 bits per heavy atom. The molecule has 74 heavy (non-hydrogen) atoms. The molecular weight excluding hydrogens is 929 g/mol. The smallest absolute Gasteiger partial charge is 0.409 e. The first-order chi connectivity index (χ1) is 36.1. The maximum absolute atomic E-state index is 13.6. The summed E-state index contributed by atoms with van der Waals surface area (Å²) in [5.74, 6) is 0.642. The number of likely N-dealkylation sites (N-methyl/N-ethyl adjacent to an activating group) is 1. The Morgan fingerprint density at radius 1 is 0.311 bits per heavy atom. The summed E-state index contributed by atoms with van der Waals surface area (Å²) in [5, 5.41) is 0. The summed E-state index contributed by atoms with van der Waals surface area (Å²) in [4.78, 5) is 61.2. The highest BCUT2D eigenvalue weighted by molar-refractivity contribution is 5.70. The van der Waals surface area contributed by atoms with E-state index in [4.69, 9.17) is 18.9 Å². The number of carbonyl (C=O) groups excluding carboxylic acids is 4. The monoisotopic (exact) mass is 1050 g/mol. The summed E-state index contributed by atoms with van der Waals surface area (Å²) in [6, 6.07) is 0. The van der Waals surface area contributed by atoms with Crippen molar-refractivity contribution in [1.82, 2.24) is 19.6 Å². The number of hydrogen-bond donors (Lipinski definition) is 0. The number of rotatable bonds is 55. The number of hydrogen-bond acceptors (Lipinski definition) is 10. The van der Waals surface area contributed by atoms with Gasteiger partial charge < -0.3 is 33.6 Å². The molecule has 0 aliphatic heterocycles. The normalized spacial score (nSPS) is 11.6. The summed E-state index contributed by atoms with van der Waals surface area (Å²) >= 11 is 0. The molecule has 0 N–H and O–H groups in total. The van der Waals surface area contributed by atoms with E-state index >= 15 is 0 Å². The molecule has 0 bridgehead atoms. The number of carbonyl (C=O) groups is 4. The van der Waals surface area contributed by atoms with Crippen LogP contribution in [0.5, 0.6) is 0 Å². The van der Waals surface area contributed by atoms with E-state index in [1.165, 1.54) is 103 Å². The van der Waals surface area contributed by atoms with E-state index in [1.54, 1.807) is 0 Å². The van der Waals surface area contributed by atoms with Crippen LogP contribution in [0.2, 0.25) is 0 Å². The van der Waals surface area contributed by atoms with Crippen LogP contribution in [0.1, 0.15) is 274 Å². The zero-order chi connectivity index (χ0) is 54.5. The lowest BCUT2D eigenvalue weighted by Gasteiger charge is -2.28. The van der Waals surface area contributed by atoms with Crippen molar-refractivity contribution < 1.29 is 38.1 Å². The lowest BCUT2D eigenvalue weighted by atomic mass is 9.95. The molecule has 0 radical (unpaired) electrons. The van der Waals surface area contributed by atoms with Crippen LogP contribution in [-0.2, 0) is 28.5 Å². The third-order valence-corrected chi connectivity index (χ3v) is 14.9. The average Bonchev–Trinajstić information content (AvgIpc) is 3.40. The molecule has 0 aliphatic rings. The van der Waals surface area contributed by atoms with Crippen LogP contribution in [0.3, 0.4) is 0 Å². The molecule has 2 amide bonds. The molecule has 0 saturated heterocycles. The Hall–Kier alpha value is -2.60. The van der Waals surface area contributed by atoms with E-state index in [-0.39, 0.29) is 37.3 Å². The molecule has 438 valence electrons. The molecule has 0 heterocycles. The predicted molar refractivity (Wildman–Crippen MR) is 310 cm³/mol. The highest BCUT2D eigenvalue weighted by Gasteiger charge is 2.20. The zero-order valence-corrected chi connectivity index (χ0v) is 50.2. The van der Waals surface area contributed by atoms with Crippen molar-refractivity contribution in [2.24, 2.45) is 11.8 Å². The Morgan fingerprint density at radius 3 is 0.919 bits per heavy atom. The van der Waals surface area contributed by atoms with Gasteiger partial charge in [-0.15, -0.1) is 0 Å². The molecule has 0 aromatic heterocycles. The van der Waals surface area contributed by atoms with Crippen molar-refractivity contribution in [2.45, 2.75) is 274 Å². The van der Waals surface area contributed by atoms with E-state index in [0.29, 0.717) is 90.0 Å². The van der Waals surface area contributed by atoms with E-state index < -0.39 is 0 Å². The fourth-order valence-electron chi connectivity index (χ4n) is 9.68. The standard InChI is InChI=1S/C62H122N4O8/c1-9-17-23-29-39-57(40-30-24-18-10-2)55-73-59(67)43-33-37-47-65(45-35-27-21-13-5)61(69)71-53-51-64(50-49-63(15-7)16-8)52-54-72-62(70)66(46-36-28-22-14-6)48-38-34-44-60(68)74-56-58(41-31-25-19-11-3)42-32-26-20-12-4/h57-58H,9-56H2,1-8H3. The van der Waals surface area contributed by atoms with Gasteiger partial charge in [0, 0.05) is 65.2 Å². The third kappa shape index (κ3) is 43.5. The molecule has 0 unspecified atom stereocenters. The minimum Gasteiger partial charge on any atom is -0.465 e. The van der Waals surface area contributed by atoms with Gasteiger partial charge in [0.2, 0.25) is 0 Å². The minimum atomic E-state index is -0.306. The van der Waals surface area contributed by atoms with Crippen LogP contribution < -0.4 is 0 Å². The maximum atomic E-state index is 13.6. The van der Waals surface area contributed by atoms with Crippen molar-refractivity contribution in [3.63, 3.8) is 0 Å². The summed E-state index contributed by atoms with van der Waals surface area (Å²) in [5.41, 5.74) is 0. The van der Waals surface area contributed by atoms with Crippen LogP contribution in [0.4, 0.5) is 9.59 Å². The first-order valence-electron chi connectivity index (χ1n) is 31.7. The summed E-state index contributed by atoms with van der Waals surface area (Å²) in [6.45, 7) is 26.2. The number of nitrogens with zero attached hydrogens (tertiary/aromatic N) is 4. The highest BCUT2D eigenvalue weighted by Crippen LogP contribution is 2.21. The van der Waals surface area contributed by atoms with Gasteiger partial charge in [-0.25, -0.2) is 9.59 Å². The molecule has 12 heteroatoms. The van der Waals surface area contributed by atoms with Crippen LogP contribution in [-0.4, -0.2) is 136 Å². The second kappa shape index (κ2) is 53.8. The SMILES string of the molecule is CCCCCCC(CCCCCC)COC(=O)CCCCN(CCCCCC)C(=O)OCCN(CCOC(=O)N(CCCCCC)CCCCC(=O)OCC(CCCCCC)CCCCCC)CCN(CC)CC. The molecule has 0 saturated carbocycles. The van der Waals surface area contributed by atoms with Gasteiger partial charge in [0.1, 0.15) is 13.2 Å². The molecule has 0 fully saturated rings. The van der Waals surface area contributed by atoms with Crippen molar-refractivity contribution in [1.29, 1.82) is 0 Å². The van der Waals surface area contributed by atoms with Crippen LogP contribution in [0.25, 0.3) is 0 Å². The number of ether oxygens (including phenoxy) is 4. The Bertz CT molecular complexity index is 1160. The van der Waals surface area contributed by atoms with E-state index in [9.17, 15) is 19.2 Å². The molecule has 0 aromatic rings. The lowest BCUT2D eigenvalue weighted by molar-refractivity contribution is -0.146. The first-order valence-corrected chi connectivity index (χ1v) is 31.7. The lowest BCUT2D eigenvalue weighted by Crippen LogP contribution is -2.41. The molecule has 0 rings (SSSR count). The molecule has 0 spiro atoms. The molecule has 0 aromatic carbocycles. The van der Waals surface area contributed by atoms with Gasteiger partial charge in [-0.05, 0) is 89.1 Å². The minimum absolute atomic E-state index is 0.127. The van der Waals surface area contributed by atoms with Crippen molar-refractivity contribution in [3.05, 3.63) is 0 Å². The van der Waals surface area contributed by atoms with Crippen LogP contribution >= 0.6 is 0 Å². The van der Waals surface area contributed by atoms with E-state index in [0.717, 1.165) is 116 Å². The maximum Gasteiger partial charge on any atom is 0.409 e. The van der Waals surface area contributed by atoms with Gasteiger partial charge >= 0.3 is 24.1 Å². The third-order valence-electron chi connectivity index (χ3n) is 14.9. The van der Waals surface area contributed by atoms with E-state index in [1.807, 2.05) is 9.80 Å². The second-order valence-electron chi connectivity index (χ2n) is 21.6. The Balaban J connectivity index is 5.35. The molecule has 12 nitrogen and oxygen atoms in total. The average molecular weight is 1050 g/mol. The molecule has 0 atom stereocenters. The number of amides is 2. The topological polar surface area (TPSA) is 118 Å². The quantitative estimate of drug-likeness (QED) is 0.0331. The van der Waals surface area contributed by atoms with Crippen LogP contribution in [0, 0.1) is 11.8 Å². The summed E-state index contributed by atoms with van der Waals surface area (Å²) in [7, 11) is 0. The Labute approximate surface area is 457 Å². The number of unbranched alkanes of at least 4 members (excludes halogenated alkanes) is 20.